The first kappa shape index (κ1) is 14.0. The van der Waals surface area contributed by atoms with Crippen molar-refractivity contribution >= 4 is 29.1 Å². The molecule has 102 valence electrons. The standard InChI is InChI=1S/C14H12ClN3O2/c15-10-3-1-2-9(6-10)7-13(19)18-12-8-17-5-4-11(12)14(16)20/h1-6,8H,7H2,(H2,16,20)(H,18,19). The summed E-state index contributed by atoms with van der Waals surface area (Å²) in [5.41, 5.74) is 6.52. The van der Waals surface area contributed by atoms with E-state index in [0.29, 0.717) is 10.7 Å². The van der Waals surface area contributed by atoms with Crippen molar-refractivity contribution in [1.29, 1.82) is 0 Å². The lowest BCUT2D eigenvalue weighted by Gasteiger charge is -2.08. The van der Waals surface area contributed by atoms with Gasteiger partial charge in [-0.2, -0.15) is 0 Å². The van der Waals surface area contributed by atoms with Crippen molar-refractivity contribution in [2.24, 2.45) is 5.73 Å². The molecule has 0 unspecified atom stereocenters. The lowest BCUT2D eigenvalue weighted by molar-refractivity contribution is -0.115. The van der Waals surface area contributed by atoms with Crippen molar-refractivity contribution in [1.82, 2.24) is 4.98 Å². The molecule has 0 spiro atoms. The van der Waals surface area contributed by atoms with E-state index in [1.54, 1.807) is 24.3 Å². The van der Waals surface area contributed by atoms with Crippen LogP contribution in [0.5, 0.6) is 0 Å². The third kappa shape index (κ3) is 3.55. The molecule has 0 aliphatic rings. The van der Waals surface area contributed by atoms with Crippen LogP contribution in [0.2, 0.25) is 5.02 Å². The van der Waals surface area contributed by atoms with Crippen molar-refractivity contribution in [3.8, 4) is 0 Å². The topological polar surface area (TPSA) is 85.1 Å². The monoisotopic (exact) mass is 289 g/mol. The predicted octanol–water partition coefficient (Wildman–Crippen LogP) is 2.02. The molecular formula is C14H12ClN3O2. The summed E-state index contributed by atoms with van der Waals surface area (Å²) in [7, 11) is 0. The highest BCUT2D eigenvalue weighted by molar-refractivity contribution is 6.30. The molecule has 2 aromatic rings. The largest absolute Gasteiger partial charge is 0.366 e. The number of carbonyl (C=O) groups excluding carboxylic acids is 2. The molecule has 20 heavy (non-hydrogen) atoms. The average molecular weight is 290 g/mol. The van der Waals surface area contributed by atoms with Crippen molar-refractivity contribution in [2.75, 3.05) is 5.32 Å². The van der Waals surface area contributed by atoms with Crippen molar-refractivity contribution < 1.29 is 9.59 Å². The summed E-state index contributed by atoms with van der Waals surface area (Å²) in [6, 6.07) is 8.46. The molecule has 0 atom stereocenters. The van der Waals surface area contributed by atoms with Crippen LogP contribution >= 0.6 is 11.6 Å². The second-order valence-electron chi connectivity index (χ2n) is 4.14. The molecule has 0 fully saturated rings. The summed E-state index contributed by atoms with van der Waals surface area (Å²) >= 11 is 5.85. The van der Waals surface area contributed by atoms with Gasteiger partial charge in [0.15, 0.2) is 0 Å². The highest BCUT2D eigenvalue weighted by atomic mass is 35.5. The molecular weight excluding hydrogens is 278 g/mol. The number of benzene rings is 1. The number of nitrogens with one attached hydrogen (secondary N) is 1. The molecule has 0 saturated carbocycles. The number of primary amides is 1. The van der Waals surface area contributed by atoms with Gasteiger partial charge in [-0.15, -0.1) is 0 Å². The van der Waals surface area contributed by atoms with E-state index >= 15 is 0 Å². The van der Waals surface area contributed by atoms with Crippen molar-refractivity contribution in [2.45, 2.75) is 6.42 Å². The van der Waals surface area contributed by atoms with Gasteiger partial charge in [-0.05, 0) is 23.8 Å². The van der Waals surface area contributed by atoms with Crippen LogP contribution in [-0.2, 0) is 11.2 Å². The molecule has 1 heterocycles. The minimum Gasteiger partial charge on any atom is -0.366 e. The van der Waals surface area contributed by atoms with Gasteiger partial charge in [-0.1, -0.05) is 23.7 Å². The highest BCUT2D eigenvalue weighted by Crippen LogP contribution is 2.15. The molecule has 0 aliphatic carbocycles. The summed E-state index contributed by atoms with van der Waals surface area (Å²) in [5.74, 6) is -0.895. The van der Waals surface area contributed by atoms with Crippen LogP contribution in [0.1, 0.15) is 15.9 Å². The minimum absolute atomic E-state index is 0.146. The number of halogens is 1. The fourth-order valence-corrected chi connectivity index (χ4v) is 1.95. The zero-order valence-corrected chi connectivity index (χ0v) is 11.2. The van der Waals surface area contributed by atoms with Crippen LogP contribution < -0.4 is 11.1 Å². The van der Waals surface area contributed by atoms with E-state index in [0.717, 1.165) is 5.56 Å². The van der Waals surface area contributed by atoms with E-state index in [-0.39, 0.29) is 17.9 Å². The fraction of sp³-hybridized carbons (Fsp3) is 0.0714. The molecule has 1 aromatic carbocycles. The Morgan fingerprint density at radius 2 is 2.10 bits per heavy atom. The van der Waals surface area contributed by atoms with Gasteiger partial charge in [0.2, 0.25) is 5.91 Å². The van der Waals surface area contributed by atoms with Gasteiger partial charge >= 0.3 is 0 Å². The van der Waals surface area contributed by atoms with Crippen LogP contribution in [0.25, 0.3) is 0 Å². The number of carbonyl (C=O) groups is 2. The highest BCUT2D eigenvalue weighted by Gasteiger charge is 2.11. The molecule has 0 radical (unpaired) electrons. The smallest absolute Gasteiger partial charge is 0.250 e. The molecule has 3 N–H and O–H groups in total. The molecule has 0 aliphatic heterocycles. The Balaban J connectivity index is 2.11. The second kappa shape index (κ2) is 6.16. The Morgan fingerprint density at radius 3 is 2.80 bits per heavy atom. The first-order valence-corrected chi connectivity index (χ1v) is 6.22. The van der Waals surface area contributed by atoms with Crippen LogP contribution in [0.15, 0.2) is 42.7 Å². The summed E-state index contributed by atoms with van der Waals surface area (Å²) < 4.78 is 0. The number of nitrogens with zero attached hydrogens (tertiary/aromatic N) is 1. The van der Waals surface area contributed by atoms with Gasteiger partial charge in [-0.3, -0.25) is 14.6 Å². The first-order valence-electron chi connectivity index (χ1n) is 5.84. The Hall–Kier alpha value is -2.40. The van der Waals surface area contributed by atoms with E-state index in [1.165, 1.54) is 18.5 Å². The number of hydrogen-bond donors (Lipinski definition) is 2. The fourth-order valence-electron chi connectivity index (χ4n) is 1.74. The Morgan fingerprint density at radius 1 is 1.30 bits per heavy atom. The maximum atomic E-state index is 11.9. The van der Waals surface area contributed by atoms with Gasteiger partial charge < -0.3 is 11.1 Å². The number of rotatable bonds is 4. The van der Waals surface area contributed by atoms with Gasteiger partial charge in [0.05, 0.1) is 23.9 Å². The Kier molecular flexibility index (Phi) is 4.32. The first-order chi connectivity index (χ1) is 9.56. The van der Waals surface area contributed by atoms with Crippen LogP contribution in [0, 0.1) is 0 Å². The molecule has 2 rings (SSSR count). The number of aromatic nitrogens is 1. The SMILES string of the molecule is NC(=O)c1ccncc1NC(=O)Cc1cccc(Cl)c1. The molecule has 6 heteroatoms. The van der Waals surface area contributed by atoms with Crippen LogP contribution in [0.3, 0.4) is 0 Å². The minimum atomic E-state index is -0.620. The predicted molar refractivity (Wildman–Crippen MR) is 76.5 cm³/mol. The number of anilines is 1. The lowest BCUT2D eigenvalue weighted by Crippen LogP contribution is -2.19. The molecule has 5 nitrogen and oxygen atoms in total. The number of hydrogen-bond acceptors (Lipinski definition) is 3. The lowest BCUT2D eigenvalue weighted by atomic mass is 10.1. The van der Waals surface area contributed by atoms with E-state index < -0.39 is 5.91 Å². The normalized spacial score (nSPS) is 10.1. The van der Waals surface area contributed by atoms with Crippen molar-refractivity contribution in [3.05, 3.63) is 58.9 Å². The van der Waals surface area contributed by atoms with E-state index in [2.05, 4.69) is 10.3 Å². The maximum Gasteiger partial charge on any atom is 0.250 e. The Bertz CT molecular complexity index is 658. The van der Waals surface area contributed by atoms with Gasteiger partial charge in [0.1, 0.15) is 0 Å². The molecule has 0 bridgehead atoms. The zero-order chi connectivity index (χ0) is 14.5. The zero-order valence-electron chi connectivity index (χ0n) is 10.5. The summed E-state index contributed by atoms with van der Waals surface area (Å²) in [5, 5.41) is 3.18. The van der Waals surface area contributed by atoms with Gasteiger partial charge in [-0.25, -0.2) is 0 Å². The molecule has 0 saturated heterocycles. The van der Waals surface area contributed by atoms with Gasteiger partial charge in [0, 0.05) is 11.2 Å². The third-order valence-corrected chi connectivity index (χ3v) is 2.85. The second-order valence-corrected chi connectivity index (χ2v) is 4.58. The third-order valence-electron chi connectivity index (χ3n) is 2.61. The Labute approximate surface area is 120 Å². The number of nitrogens with two attached hydrogens (primary N) is 1. The maximum absolute atomic E-state index is 11.9. The van der Waals surface area contributed by atoms with Crippen LogP contribution in [0.4, 0.5) is 5.69 Å². The van der Waals surface area contributed by atoms with E-state index in [4.69, 9.17) is 17.3 Å². The van der Waals surface area contributed by atoms with Crippen molar-refractivity contribution in [3.63, 3.8) is 0 Å². The van der Waals surface area contributed by atoms with E-state index in [1.807, 2.05) is 0 Å². The van der Waals surface area contributed by atoms with Crippen LogP contribution in [-0.4, -0.2) is 16.8 Å². The molecule has 1 aromatic heterocycles. The van der Waals surface area contributed by atoms with E-state index in [9.17, 15) is 9.59 Å². The summed E-state index contributed by atoms with van der Waals surface area (Å²) in [6.45, 7) is 0. The summed E-state index contributed by atoms with van der Waals surface area (Å²) in [4.78, 5) is 27.0. The number of pyridine rings is 1. The average Bonchev–Trinajstić information content (AvgIpc) is 2.38. The molecule has 2 amide bonds. The summed E-state index contributed by atoms with van der Waals surface area (Å²) in [6.07, 6.45) is 2.97. The van der Waals surface area contributed by atoms with Gasteiger partial charge in [0.25, 0.3) is 5.91 Å². The number of amides is 2. The quantitative estimate of drug-likeness (QED) is 0.903.